The van der Waals surface area contributed by atoms with E-state index < -0.39 is 23.2 Å². The van der Waals surface area contributed by atoms with Crippen molar-refractivity contribution in [2.75, 3.05) is 11.4 Å². The van der Waals surface area contributed by atoms with Crippen molar-refractivity contribution in [3.05, 3.63) is 29.8 Å². The predicted octanol–water partition coefficient (Wildman–Crippen LogP) is 2.71. The Labute approximate surface area is 124 Å². The fourth-order valence-corrected chi connectivity index (χ4v) is 3.65. The third kappa shape index (κ3) is 2.23. The number of anilines is 1. The number of carboxylic acids is 1. The van der Waals surface area contributed by atoms with E-state index in [-0.39, 0.29) is 5.91 Å². The van der Waals surface area contributed by atoms with Crippen molar-refractivity contribution >= 4 is 17.6 Å². The molecule has 3 rings (SSSR count). The number of hydrogen-bond donors (Lipinski definition) is 1. The fourth-order valence-electron chi connectivity index (χ4n) is 3.65. The molecule has 1 N–H and O–H groups in total. The molecule has 4 nitrogen and oxygen atoms in total. The SMILES string of the molecule is CC1(C)C(C(=O)O)C1C(=O)N1CCCCc2ccccc21. The Hall–Kier alpha value is -1.84. The lowest BCUT2D eigenvalue weighted by molar-refractivity contribution is -0.140. The van der Waals surface area contributed by atoms with Crippen LogP contribution in [0.4, 0.5) is 5.69 Å². The predicted molar refractivity (Wildman–Crippen MR) is 80.1 cm³/mol. The average molecular weight is 287 g/mol. The molecule has 0 radical (unpaired) electrons. The van der Waals surface area contributed by atoms with Gasteiger partial charge in [-0.3, -0.25) is 9.59 Å². The quantitative estimate of drug-likeness (QED) is 0.910. The third-order valence-corrected chi connectivity index (χ3v) is 4.99. The summed E-state index contributed by atoms with van der Waals surface area (Å²) in [4.78, 5) is 26.0. The lowest BCUT2D eigenvalue weighted by Gasteiger charge is -2.23. The maximum atomic E-state index is 12.9. The molecule has 0 bridgehead atoms. The van der Waals surface area contributed by atoms with Gasteiger partial charge in [0.25, 0.3) is 0 Å². The van der Waals surface area contributed by atoms with Gasteiger partial charge in [0.2, 0.25) is 5.91 Å². The van der Waals surface area contributed by atoms with E-state index >= 15 is 0 Å². The normalized spacial score (nSPS) is 26.7. The average Bonchev–Trinajstić information content (AvgIpc) is 3.08. The molecule has 2 unspecified atom stereocenters. The van der Waals surface area contributed by atoms with Crippen LogP contribution >= 0.6 is 0 Å². The summed E-state index contributed by atoms with van der Waals surface area (Å²) in [6, 6.07) is 7.97. The molecule has 2 aliphatic rings. The zero-order valence-corrected chi connectivity index (χ0v) is 12.5. The summed E-state index contributed by atoms with van der Waals surface area (Å²) >= 11 is 0. The Morgan fingerprint density at radius 2 is 1.90 bits per heavy atom. The first-order chi connectivity index (χ1) is 9.94. The minimum Gasteiger partial charge on any atom is -0.481 e. The number of aliphatic carboxylic acids is 1. The first-order valence-corrected chi connectivity index (χ1v) is 7.56. The molecule has 1 aromatic carbocycles. The number of nitrogens with zero attached hydrogens (tertiary/aromatic N) is 1. The molecule has 1 aromatic rings. The summed E-state index contributed by atoms with van der Waals surface area (Å²) < 4.78 is 0. The maximum Gasteiger partial charge on any atom is 0.307 e. The molecule has 1 aliphatic carbocycles. The van der Waals surface area contributed by atoms with Crippen LogP contribution in [0.1, 0.15) is 32.3 Å². The summed E-state index contributed by atoms with van der Waals surface area (Å²) in [6.07, 6.45) is 3.01. The number of amides is 1. The van der Waals surface area contributed by atoms with E-state index in [1.165, 1.54) is 5.56 Å². The first kappa shape index (κ1) is 14.1. The van der Waals surface area contributed by atoms with Crippen molar-refractivity contribution in [2.24, 2.45) is 17.3 Å². The second kappa shape index (κ2) is 4.86. The molecule has 2 atom stereocenters. The van der Waals surface area contributed by atoms with Crippen LogP contribution in [0.15, 0.2) is 24.3 Å². The zero-order chi connectivity index (χ0) is 15.2. The minimum absolute atomic E-state index is 0.0262. The third-order valence-electron chi connectivity index (χ3n) is 4.99. The number of aryl methyl sites for hydroxylation is 1. The molecule has 112 valence electrons. The molecule has 0 saturated heterocycles. The molecule has 1 amide bonds. The van der Waals surface area contributed by atoms with E-state index in [4.69, 9.17) is 0 Å². The first-order valence-electron chi connectivity index (χ1n) is 7.56. The van der Waals surface area contributed by atoms with Crippen LogP contribution in [0.25, 0.3) is 0 Å². The van der Waals surface area contributed by atoms with Gasteiger partial charge in [-0.25, -0.2) is 0 Å². The summed E-state index contributed by atoms with van der Waals surface area (Å²) in [6.45, 7) is 4.44. The Morgan fingerprint density at radius 1 is 1.19 bits per heavy atom. The van der Waals surface area contributed by atoms with E-state index in [0.29, 0.717) is 6.54 Å². The van der Waals surface area contributed by atoms with Gasteiger partial charge in [0.1, 0.15) is 0 Å². The van der Waals surface area contributed by atoms with Crippen LogP contribution in [0, 0.1) is 17.3 Å². The minimum atomic E-state index is -0.860. The molecule has 0 spiro atoms. The van der Waals surface area contributed by atoms with Crippen LogP contribution in [0.3, 0.4) is 0 Å². The molecular weight excluding hydrogens is 266 g/mol. The smallest absolute Gasteiger partial charge is 0.307 e. The summed E-state index contributed by atoms with van der Waals surface area (Å²) in [5, 5.41) is 9.29. The standard InChI is InChI=1S/C17H21NO3/c1-17(2)13(14(17)16(20)21)15(19)18-10-6-5-8-11-7-3-4-9-12(11)18/h3-4,7,9,13-14H,5-6,8,10H2,1-2H3,(H,20,21). The highest BCUT2D eigenvalue weighted by Crippen LogP contribution is 2.59. The van der Waals surface area contributed by atoms with Gasteiger partial charge < -0.3 is 10.0 Å². The van der Waals surface area contributed by atoms with E-state index in [1.54, 1.807) is 0 Å². The van der Waals surface area contributed by atoms with Crippen molar-refractivity contribution in [3.8, 4) is 0 Å². The van der Waals surface area contributed by atoms with Gasteiger partial charge in [-0.2, -0.15) is 0 Å². The van der Waals surface area contributed by atoms with Crippen LogP contribution in [0.2, 0.25) is 0 Å². The second-order valence-corrected chi connectivity index (χ2v) is 6.69. The van der Waals surface area contributed by atoms with Gasteiger partial charge in [-0.15, -0.1) is 0 Å². The highest BCUT2D eigenvalue weighted by atomic mass is 16.4. The monoisotopic (exact) mass is 287 g/mol. The molecule has 1 saturated carbocycles. The van der Waals surface area contributed by atoms with E-state index in [9.17, 15) is 14.7 Å². The van der Waals surface area contributed by atoms with Gasteiger partial charge in [0.15, 0.2) is 0 Å². The van der Waals surface area contributed by atoms with Crippen molar-refractivity contribution in [1.29, 1.82) is 0 Å². The number of carbonyl (C=O) groups excluding carboxylic acids is 1. The van der Waals surface area contributed by atoms with Gasteiger partial charge in [-0.1, -0.05) is 32.0 Å². The van der Waals surface area contributed by atoms with Crippen molar-refractivity contribution in [3.63, 3.8) is 0 Å². The molecular formula is C17H21NO3. The topological polar surface area (TPSA) is 57.6 Å². The number of rotatable bonds is 2. The van der Waals surface area contributed by atoms with E-state index in [0.717, 1.165) is 24.9 Å². The van der Waals surface area contributed by atoms with Gasteiger partial charge >= 0.3 is 5.97 Å². The fraction of sp³-hybridized carbons (Fsp3) is 0.529. The lowest BCUT2D eigenvalue weighted by atomic mass is 10.1. The number of hydrogen-bond acceptors (Lipinski definition) is 2. The number of benzene rings is 1. The molecule has 1 aliphatic heterocycles. The Bertz CT molecular complexity index is 593. The number of fused-ring (bicyclic) bond motifs is 1. The number of carbonyl (C=O) groups is 2. The van der Waals surface area contributed by atoms with Crippen LogP contribution in [-0.2, 0) is 16.0 Å². The van der Waals surface area contributed by atoms with Gasteiger partial charge in [0.05, 0.1) is 11.8 Å². The number of carboxylic acid groups (broad SMARTS) is 1. The Balaban J connectivity index is 1.91. The highest BCUT2D eigenvalue weighted by Gasteiger charge is 2.66. The summed E-state index contributed by atoms with van der Waals surface area (Å²) in [7, 11) is 0. The lowest BCUT2D eigenvalue weighted by Crippen LogP contribution is -2.34. The molecule has 0 aromatic heterocycles. The number of para-hydroxylation sites is 1. The van der Waals surface area contributed by atoms with Crippen LogP contribution in [-0.4, -0.2) is 23.5 Å². The molecule has 4 heteroatoms. The molecule has 1 heterocycles. The van der Waals surface area contributed by atoms with Crippen molar-refractivity contribution in [1.82, 2.24) is 0 Å². The largest absolute Gasteiger partial charge is 0.481 e. The highest BCUT2D eigenvalue weighted by molar-refractivity contribution is 6.02. The summed E-state index contributed by atoms with van der Waals surface area (Å²) in [5.41, 5.74) is 1.71. The van der Waals surface area contributed by atoms with Crippen molar-refractivity contribution in [2.45, 2.75) is 33.1 Å². The van der Waals surface area contributed by atoms with Gasteiger partial charge in [0, 0.05) is 12.2 Å². The zero-order valence-electron chi connectivity index (χ0n) is 12.5. The van der Waals surface area contributed by atoms with Gasteiger partial charge in [-0.05, 0) is 36.3 Å². The summed E-state index contributed by atoms with van der Waals surface area (Å²) in [5.74, 6) is -1.84. The maximum absolute atomic E-state index is 12.9. The Kier molecular flexibility index (Phi) is 3.27. The van der Waals surface area contributed by atoms with E-state index in [2.05, 4.69) is 6.07 Å². The molecule has 21 heavy (non-hydrogen) atoms. The van der Waals surface area contributed by atoms with E-state index in [1.807, 2.05) is 36.9 Å². The molecule has 1 fully saturated rings. The Morgan fingerprint density at radius 3 is 2.57 bits per heavy atom. The van der Waals surface area contributed by atoms with Crippen LogP contribution in [0.5, 0.6) is 0 Å². The van der Waals surface area contributed by atoms with Crippen LogP contribution < -0.4 is 4.90 Å². The van der Waals surface area contributed by atoms with Crippen molar-refractivity contribution < 1.29 is 14.7 Å². The second-order valence-electron chi connectivity index (χ2n) is 6.69.